The maximum atomic E-state index is 6.01. The smallest absolute Gasteiger partial charge is 0.0455 e. The van der Waals surface area contributed by atoms with Crippen molar-refractivity contribution in [3.05, 3.63) is 28.8 Å². The molecule has 3 heteroatoms. The zero-order chi connectivity index (χ0) is 8.55. The lowest BCUT2D eigenvalue weighted by molar-refractivity contribution is 0.383. The van der Waals surface area contributed by atoms with Gasteiger partial charge in [0.1, 0.15) is 0 Å². The second kappa shape index (κ2) is 2.96. The summed E-state index contributed by atoms with van der Waals surface area (Å²) in [7, 11) is 0. The van der Waals surface area contributed by atoms with Gasteiger partial charge in [-0.3, -0.25) is 0 Å². The van der Waals surface area contributed by atoms with E-state index in [2.05, 4.69) is 5.32 Å². The number of benzene rings is 1. The molecule has 1 aliphatic heterocycles. The first-order valence-corrected chi connectivity index (χ1v) is 4.43. The third-order valence-electron chi connectivity index (χ3n) is 2.22. The quantitative estimate of drug-likeness (QED) is 0.652. The van der Waals surface area contributed by atoms with Crippen LogP contribution >= 0.6 is 11.6 Å². The summed E-state index contributed by atoms with van der Waals surface area (Å²) in [6, 6.07) is 6.04. The Kier molecular flexibility index (Phi) is 1.95. The van der Waals surface area contributed by atoms with Crippen LogP contribution in [-0.4, -0.2) is 6.54 Å². The zero-order valence-electron chi connectivity index (χ0n) is 6.68. The van der Waals surface area contributed by atoms with Crippen molar-refractivity contribution in [2.75, 3.05) is 12.3 Å². The van der Waals surface area contributed by atoms with E-state index in [1.165, 1.54) is 0 Å². The Morgan fingerprint density at radius 2 is 2.25 bits per heavy atom. The minimum atomic E-state index is 0.418. The molecule has 0 bridgehead atoms. The summed E-state index contributed by atoms with van der Waals surface area (Å²) in [4.78, 5) is 0. The largest absolute Gasteiger partial charge is 0.399 e. The monoisotopic (exact) mass is 182 g/mol. The molecule has 1 fully saturated rings. The van der Waals surface area contributed by atoms with Crippen LogP contribution in [0.1, 0.15) is 18.0 Å². The maximum absolute atomic E-state index is 6.01. The molecule has 0 aromatic heterocycles. The normalized spacial score (nSPS) is 21.9. The average molecular weight is 183 g/mol. The van der Waals surface area contributed by atoms with Gasteiger partial charge in [0.15, 0.2) is 0 Å². The SMILES string of the molecule is Nc1ccc(Cl)c(C2CCN2)c1. The Morgan fingerprint density at radius 1 is 1.50 bits per heavy atom. The number of hydrogen-bond donors (Lipinski definition) is 2. The number of anilines is 1. The Morgan fingerprint density at radius 3 is 2.83 bits per heavy atom. The Hall–Kier alpha value is -0.730. The topological polar surface area (TPSA) is 38.0 Å². The van der Waals surface area contributed by atoms with Gasteiger partial charge in [0.2, 0.25) is 0 Å². The third-order valence-corrected chi connectivity index (χ3v) is 2.56. The minimum absolute atomic E-state index is 0.418. The van der Waals surface area contributed by atoms with Gasteiger partial charge in [0.25, 0.3) is 0 Å². The average Bonchev–Trinajstić information content (AvgIpc) is 1.93. The van der Waals surface area contributed by atoms with Gasteiger partial charge in [0, 0.05) is 16.8 Å². The van der Waals surface area contributed by atoms with E-state index in [0.29, 0.717) is 6.04 Å². The van der Waals surface area contributed by atoms with Crippen molar-refractivity contribution in [3.8, 4) is 0 Å². The molecule has 1 aromatic rings. The predicted molar refractivity (Wildman–Crippen MR) is 51.2 cm³/mol. The Balaban J connectivity index is 2.34. The molecule has 1 aliphatic rings. The van der Waals surface area contributed by atoms with Crippen molar-refractivity contribution in [1.82, 2.24) is 5.32 Å². The van der Waals surface area contributed by atoms with Crippen molar-refractivity contribution < 1.29 is 0 Å². The minimum Gasteiger partial charge on any atom is -0.399 e. The lowest BCUT2D eigenvalue weighted by Crippen LogP contribution is -2.35. The first-order valence-electron chi connectivity index (χ1n) is 4.05. The fraction of sp³-hybridized carbons (Fsp3) is 0.333. The highest BCUT2D eigenvalue weighted by molar-refractivity contribution is 6.31. The summed E-state index contributed by atoms with van der Waals surface area (Å²) in [5, 5.41) is 4.10. The highest BCUT2D eigenvalue weighted by Crippen LogP contribution is 2.30. The van der Waals surface area contributed by atoms with Gasteiger partial charge in [-0.15, -0.1) is 0 Å². The van der Waals surface area contributed by atoms with E-state index in [4.69, 9.17) is 17.3 Å². The van der Waals surface area contributed by atoms with Crippen LogP contribution in [0, 0.1) is 0 Å². The number of nitrogens with one attached hydrogen (secondary N) is 1. The molecule has 64 valence electrons. The van der Waals surface area contributed by atoms with Crippen LogP contribution in [-0.2, 0) is 0 Å². The molecular formula is C9H11ClN2. The fourth-order valence-corrected chi connectivity index (χ4v) is 1.63. The van der Waals surface area contributed by atoms with Crippen LogP contribution in [0.4, 0.5) is 5.69 Å². The van der Waals surface area contributed by atoms with Gasteiger partial charge in [-0.05, 0) is 36.7 Å². The van der Waals surface area contributed by atoms with Gasteiger partial charge in [0.05, 0.1) is 0 Å². The number of halogens is 1. The van der Waals surface area contributed by atoms with Crippen LogP contribution in [0.25, 0.3) is 0 Å². The van der Waals surface area contributed by atoms with Gasteiger partial charge in [-0.2, -0.15) is 0 Å². The van der Waals surface area contributed by atoms with E-state index in [-0.39, 0.29) is 0 Å². The van der Waals surface area contributed by atoms with Gasteiger partial charge >= 0.3 is 0 Å². The molecule has 0 radical (unpaired) electrons. The molecule has 0 amide bonds. The van der Waals surface area contributed by atoms with Crippen LogP contribution in [0.5, 0.6) is 0 Å². The lowest BCUT2D eigenvalue weighted by atomic mass is 9.98. The summed E-state index contributed by atoms with van der Waals surface area (Å²) in [6.45, 7) is 1.08. The molecule has 1 unspecified atom stereocenters. The third kappa shape index (κ3) is 1.28. The van der Waals surface area contributed by atoms with Crippen LogP contribution in [0.15, 0.2) is 18.2 Å². The van der Waals surface area contributed by atoms with E-state index >= 15 is 0 Å². The predicted octanol–water partition coefficient (Wildman–Crippen LogP) is 1.96. The molecule has 0 saturated carbocycles. The van der Waals surface area contributed by atoms with Crippen molar-refractivity contribution in [1.29, 1.82) is 0 Å². The Labute approximate surface area is 76.7 Å². The molecule has 12 heavy (non-hydrogen) atoms. The van der Waals surface area contributed by atoms with Crippen molar-refractivity contribution >= 4 is 17.3 Å². The second-order valence-corrected chi connectivity index (χ2v) is 3.48. The van der Waals surface area contributed by atoms with Crippen molar-refractivity contribution in [2.45, 2.75) is 12.5 Å². The van der Waals surface area contributed by atoms with Gasteiger partial charge in [-0.25, -0.2) is 0 Å². The molecular weight excluding hydrogens is 172 g/mol. The molecule has 0 aliphatic carbocycles. The zero-order valence-corrected chi connectivity index (χ0v) is 7.43. The van der Waals surface area contributed by atoms with Crippen LogP contribution in [0.2, 0.25) is 5.02 Å². The maximum Gasteiger partial charge on any atom is 0.0455 e. The summed E-state index contributed by atoms with van der Waals surface area (Å²) in [5.74, 6) is 0. The first-order chi connectivity index (χ1) is 5.77. The van der Waals surface area contributed by atoms with Gasteiger partial charge in [-0.1, -0.05) is 11.6 Å². The van der Waals surface area contributed by atoms with Crippen molar-refractivity contribution in [2.24, 2.45) is 0 Å². The molecule has 1 heterocycles. The molecule has 1 atom stereocenters. The van der Waals surface area contributed by atoms with Crippen molar-refractivity contribution in [3.63, 3.8) is 0 Å². The summed E-state index contributed by atoms with van der Waals surface area (Å²) >= 11 is 6.01. The summed E-state index contributed by atoms with van der Waals surface area (Å²) < 4.78 is 0. The van der Waals surface area contributed by atoms with E-state index in [1.807, 2.05) is 18.2 Å². The number of nitrogens with two attached hydrogens (primary N) is 1. The van der Waals surface area contributed by atoms with E-state index in [1.54, 1.807) is 0 Å². The molecule has 1 saturated heterocycles. The highest BCUT2D eigenvalue weighted by Gasteiger charge is 2.20. The second-order valence-electron chi connectivity index (χ2n) is 3.08. The summed E-state index contributed by atoms with van der Waals surface area (Å²) in [5.41, 5.74) is 7.57. The van der Waals surface area contributed by atoms with E-state index in [9.17, 15) is 0 Å². The molecule has 2 rings (SSSR count). The van der Waals surface area contributed by atoms with Crippen LogP contribution < -0.4 is 11.1 Å². The van der Waals surface area contributed by atoms with E-state index in [0.717, 1.165) is 29.2 Å². The Bertz CT molecular complexity index is 295. The highest BCUT2D eigenvalue weighted by atomic mass is 35.5. The molecule has 2 nitrogen and oxygen atoms in total. The molecule has 0 spiro atoms. The fourth-order valence-electron chi connectivity index (χ4n) is 1.38. The number of nitrogen functional groups attached to an aromatic ring is 1. The first kappa shape index (κ1) is 7.90. The number of hydrogen-bond acceptors (Lipinski definition) is 2. The van der Waals surface area contributed by atoms with Gasteiger partial charge < -0.3 is 11.1 Å². The molecule has 3 N–H and O–H groups in total. The van der Waals surface area contributed by atoms with E-state index < -0.39 is 0 Å². The lowest BCUT2D eigenvalue weighted by Gasteiger charge is -2.28. The van der Waals surface area contributed by atoms with Crippen LogP contribution in [0.3, 0.4) is 0 Å². The standard InChI is InChI=1S/C9H11ClN2/c10-8-2-1-6(11)5-7(8)9-3-4-12-9/h1-2,5,9,12H,3-4,11H2. The summed E-state index contributed by atoms with van der Waals surface area (Å²) in [6.07, 6.45) is 1.16. The molecule has 1 aromatic carbocycles. The number of rotatable bonds is 1.